The molecule has 0 aromatic heterocycles. The lowest BCUT2D eigenvalue weighted by Crippen LogP contribution is -2.51. The van der Waals surface area contributed by atoms with Crippen LogP contribution < -0.4 is 5.73 Å². The summed E-state index contributed by atoms with van der Waals surface area (Å²) in [6.07, 6.45) is 3.86. The molecule has 2 nitrogen and oxygen atoms in total. The molecule has 1 fully saturated rings. The lowest BCUT2D eigenvalue weighted by molar-refractivity contribution is 0.0281. The van der Waals surface area contributed by atoms with Crippen LogP contribution >= 0.6 is 0 Å². The molecule has 0 radical (unpaired) electrons. The van der Waals surface area contributed by atoms with Gasteiger partial charge in [0, 0.05) is 24.7 Å². The molecule has 1 aromatic rings. The van der Waals surface area contributed by atoms with Crippen molar-refractivity contribution >= 4 is 0 Å². The summed E-state index contributed by atoms with van der Waals surface area (Å²) in [5.74, 6) is 0.608. The number of benzene rings is 1. The molecule has 1 heterocycles. The molecule has 1 aliphatic heterocycles. The van der Waals surface area contributed by atoms with E-state index in [2.05, 4.69) is 56.0 Å². The van der Waals surface area contributed by atoms with Gasteiger partial charge in [0.15, 0.2) is 0 Å². The number of hydrogen-bond donors (Lipinski definition) is 1. The van der Waals surface area contributed by atoms with Crippen molar-refractivity contribution in [3.05, 3.63) is 35.9 Å². The number of hydrogen-bond acceptors (Lipinski definition) is 2. The molecule has 2 heteroatoms. The maximum Gasteiger partial charge on any atom is 0.0377 e. The van der Waals surface area contributed by atoms with Crippen LogP contribution in [0.1, 0.15) is 51.6 Å². The van der Waals surface area contributed by atoms with Gasteiger partial charge in [-0.2, -0.15) is 0 Å². The van der Waals surface area contributed by atoms with Gasteiger partial charge in [-0.05, 0) is 31.2 Å². The molecule has 1 saturated heterocycles. The fourth-order valence-corrected chi connectivity index (χ4v) is 3.60. The molecule has 0 saturated carbocycles. The Kier molecular flexibility index (Phi) is 5.00. The minimum absolute atomic E-state index is 0.491. The van der Waals surface area contributed by atoms with Crippen LogP contribution in [0.2, 0.25) is 0 Å². The number of rotatable bonds is 4. The Morgan fingerprint density at radius 3 is 2.47 bits per heavy atom. The Labute approximate surface area is 118 Å². The van der Waals surface area contributed by atoms with E-state index < -0.39 is 0 Å². The van der Waals surface area contributed by atoms with Crippen LogP contribution in [0.4, 0.5) is 0 Å². The zero-order valence-electron chi connectivity index (χ0n) is 12.5. The van der Waals surface area contributed by atoms with Crippen LogP contribution in [0.25, 0.3) is 0 Å². The second-order valence-electron chi connectivity index (χ2n) is 6.22. The van der Waals surface area contributed by atoms with E-state index in [1.807, 2.05) is 0 Å². The van der Waals surface area contributed by atoms with Crippen LogP contribution in [-0.2, 0) is 0 Å². The van der Waals surface area contributed by atoms with Gasteiger partial charge in [0.05, 0.1) is 0 Å². The van der Waals surface area contributed by atoms with Gasteiger partial charge in [-0.1, -0.05) is 50.6 Å². The van der Waals surface area contributed by atoms with Gasteiger partial charge in [-0.15, -0.1) is 0 Å². The molecule has 0 aliphatic carbocycles. The summed E-state index contributed by atoms with van der Waals surface area (Å²) in [7, 11) is 0. The summed E-state index contributed by atoms with van der Waals surface area (Å²) >= 11 is 0. The summed E-state index contributed by atoms with van der Waals surface area (Å²) in [6.45, 7) is 7.79. The largest absolute Gasteiger partial charge is 0.329 e. The number of nitrogens with zero attached hydrogens (tertiary/aromatic N) is 1. The average molecular weight is 260 g/mol. The van der Waals surface area contributed by atoms with Crippen molar-refractivity contribution in [1.29, 1.82) is 0 Å². The zero-order valence-corrected chi connectivity index (χ0v) is 12.5. The highest BCUT2D eigenvalue weighted by molar-refractivity contribution is 5.20. The van der Waals surface area contributed by atoms with Crippen molar-refractivity contribution in [3.63, 3.8) is 0 Å². The first-order valence-electron chi connectivity index (χ1n) is 7.67. The first-order chi connectivity index (χ1) is 9.15. The lowest BCUT2D eigenvalue weighted by atomic mass is 9.87. The number of piperidine rings is 1. The van der Waals surface area contributed by atoms with Gasteiger partial charge in [0.25, 0.3) is 0 Å². The van der Waals surface area contributed by atoms with E-state index in [1.54, 1.807) is 0 Å². The number of nitrogens with two attached hydrogens (primary N) is 1. The Hall–Kier alpha value is -0.860. The van der Waals surface area contributed by atoms with Crippen LogP contribution in [0.3, 0.4) is 0 Å². The van der Waals surface area contributed by atoms with E-state index in [0.717, 1.165) is 6.54 Å². The lowest BCUT2D eigenvalue weighted by Gasteiger charge is -2.47. The van der Waals surface area contributed by atoms with Gasteiger partial charge < -0.3 is 5.73 Å². The van der Waals surface area contributed by atoms with Gasteiger partial charge >= 0.3 is 0 Å². The van der Waals surface area contributed by atoms with Crippen molar-refractivity contribution < 1.29 is 0 Å². The highest BCUT2D eigenvalue weighted by Gasteiger charge is 2.34. The summed E-state index contributed by atoms with van der Waals surface area (Å²) in [6, 6.07) is 12.6. The van der Waals surface area contributed by atoms with Gasteiger partial charge in [-0.25, -0.2) is 0 Å². The highest BCUT2D eigenvalue weighted by atomic mass is 15.2. The van der Waals surface area contributed by atoms with E-state index in [1.165, 1.54) is 24.8 Å². The molecule has 1 aromatic carbocycles. The SMILES string of the molecule is CC(C)C(c1ccccc1)N1C(C)CCCC1CN. The van der Waals surface area contributed by atoms with Gasteiger partial charge in [0.1, 0.15) is 0 Å². The molecule has 3 unspecified atom stereocenters. The standard InChI is InChI=1S/C17H28N2/c1-13(2)17(15-9-5-4-6-10-15)19-14(3)8-7-11-16(19)12-18/h4-6,9-10,13-14,16-17H,7-8,11-12,18H2,1-3H3. The molecule has 0 spiro atoms. The fraction of sp³-hybridized carbons (Fsp3) is 0.647. The first kappa shape index (κ1) is 14.5. The van der Waals surface area contributed by atoms with Gasteiger partial charge in [0.2, 0.25) is 0 Å². The third-order valence-corrected chi connectivity index (χ3v) is 4.46. The van der Waals surface area contributed by atoms with E-state index >= 15 is 0 Å². The number of likely N-dealkylation sites (tertiary alicyclic amines) is 1. The maximum atomic E-state index is 6.03. The molecule has 106 valence electrons. The Balaban J connectivity index is 2.31. The van der Waals surface area contributed by atoms with Crippen LogP contribution in [0.15, 0.2) is 30.3 Å². The normalized spacial score (nSPS) is 26.6. The topological polar surface area (TPSA) is 29.3 Å². The van der Waals surface area contributed by atoms with Crippen molar-refractivity contribution in [3.8, 4) is 0 Å². The summed E-state index contributed by atoms with van der Waals surface area (Å²) in [5, 5.41) is 0. The Bertz CT molecular complexity index is 374. The van der Waals surface area contributed by atoms with Crippen LogP contribution in [0, 0.1) is 5.92 Å². The molecule has 2 N–H and O–H groups in total. The Morgan fingerprint density at radius 2 is 1.89 bits per heavy atom. The van der Waals surface area contributed by atoms with Crippen molar-refractivity contribution in [2.45, 2.75) is 58.2 Å². The minimum Gasteiger partial charge on any atom is -0.329 e. The van der Waals surface area contributed by atoms with E-state index in [9.17, 15) is 0 Å². The summed E-state index contributed by atoms with van der Waals surface area (Å²) < 4.78 is 0. The second-order valence-corrected chi connectivity index (χ2v) is 6.22. The first-order valence-corrected chi connectivity index (χ1v) is 7.67. The maximum absolute atomic E-state index is 6.03. The molecule has 2 rings (SSSR count). The van der Waals surface area contributed by atoms with E-state index in [-0.39, 0.29) is 0 Å². The van der Waals surface area contributed by atoms with Crippen molar-refractivity contribution in [2.24, 2.45) is 11.7 Å². The smallest absolute Gasteiger partial charge is 0.0377 e. The zero-order chi connectivity index (χ0) is 13.8. The molecule has 3 atom stereocenters. The van der Waals surface area contributed by atoms with E-state index in [0.29, 0.717) is 24.0 Å². The minimum atomic E-state index is 0.491. The predicted octanol–water partition coefficient (Wildman–Crippen LogP) is 3.59. The van der Waals surface area contributed by atoms with Gasteiger partial charge in [-0.3, -0.25) is 4.90 Å². The summed E-state index contributed by atoms with van der Waals surface area (Å²) in [4.78, 5) is 2.68. The third-order valence-electron chi connectivity index (χ3n) is 4.46. The molecular weight excluding hydrogens is 232 g/mol. The molecular formula is C17H28N2. The third kappa shape index (κ3) is 3.18. The summed E-state index contributed by atoms with van der Waals surface area (Å²) in [5.41, 5.74) is 7.47. The van der Waals surface area contributed by atoms with E-state index in [4.69, 9.17) is 5.73 Å². The Morgan fingerprint density at radius 1 is 1.21 bits per heavy atom. The molecule has 1 aliphatic rings. The highest BCUT2D eigenvalue weighted by Crippen LogP contribution is 2.36. The molecule has 0 amide bonds. The second kappa shape index (κ2) is 6.53. The molecule has 0 bridgehead atoms. The average Bonchev–Trinajstić information content (AvgIpc) is 2.41. The van der Waals surface area contributed by atoms with Crippen LogP contribution in [-0.4, -0.2) is 23.5 Å². The molecule has 19 heavy (non-hydrogen) atoms. The predicted molar refractivity (Wildman–Crippen MR) is 82.0 cm³/mol. The fourth-order valence-electron chi connectivity index (χ4n) is 3.60. The van der Waals surface area contributed by atoms with Crippen molar-refractivity contribution in [1.82, 2.24) is 4.90 Å². The van der Waals surface area contributed by atoms with Crippen LogP contribution in [0.5, 0.6) is 0 Å². The van der Waals surface area contributed by atoms with Crippen molar-refractivity contribution in [2.75, 3.05) is 6.54 Å². The monoisotopic (exact) mass is 260 g/mol. The quantitative estimate of drug-likeness (QED) is 0.896.